The molecule has 0 spiro atoms. The van der Waals surface area contributed by atoms with E-state index in [-0.39, 0.29) is 21.5 Å². The van der Waals surface area contributed by atoms with E-state index in [0.717, 1.165) is 14.2 Å². The second-order valence-electron chi connectivity index (χ2n) is 3.59. The molecule has 0 saturated carbocycles. The summed E-state index contributed by atoms with van der Waals surface area (Å²) >= 11 is 0. The molecule has 0 aromatic rings. The van der Waals surface area contributed by atoms with Crippen LogP contribution in [0.5, 0.6) is 0 Å². The molecule has 0 saturated heterocycles. The zero-order chi connectivity index (χ0) is 18.4. The summed E-state index contributed by atoms with van der Waals surface area (Å²) in [4.78, 5) is 0. The SMILES string of the molecule is C.C.CCF.CF.COS(=O)(=O)CC(F)(CCF)CS(=O)(=O)OC. The molecule has 0 heterocycles. The van der Waals surface area contributed by atoms with Crippen LogP contribution in [0.1, 0.15) is 28.2 Å². The van der Waals surface area contributed by atoms with Gasteiger partial charge in [0.1, 0.15) is 17.2 Å². The standard InChI is InChI=1S/C7H14F2O6S2.C2H5F.CH3F.2CH4/c1-14-16(10,11)5-7(9,3-4-8)6-17(12,13)15-2;1-2-3;1-2;;/h3-6H2,1-2H3;2H2,1H3;1H3;2*1H4. The predicted molar refractivity (Wildman–Crippen MR) is 88.2 cm³/mol. The zero-order valence-corrected chi connectivity index (χ0v) is 14.4. The molecule has 0 aliphatic heterocycles. The van der Waals surface area contributed by atoms with Crippen LogP contribution in [0.4, 0.5) is 17.6 Å². The lowest BCUT2D eigenvalue weighted by Gasteiger charge is -2.22. The summed E-state index contributed by atoms with van der Waals surface area (Å²) < 4.78 is 98.1. The molecular formula is C12H30F4O6S2. The van der Waals surface area contributed by atoms with Crippen LogP contribution in [0, 0.1) is 0 Å². The first-order valence-corrected chi connectivity index (χ1v) is 8.92. The van der Waals surface area contributed by atoms with Crippen LogP contribution in [-0.4, -0.2) is 68.8 Å². The molecule has 0 atom stereocenters. The Morgan fingerprint density at radius 3 is 1.29 bits per heavy atom. The van der Waals surface area contributed by atoms with Gasteiger partial charge in [-0.2, -0.15) is 16.8 Å². The van der Waals surface area contributed by atoms with Gasteiger partial charge in [0.05, 0.1) is 34.7 Å². The summed E-state index contributed by atoms with van der Waals surface area (Å²) in [5.74, 6) is -2.49. The highest BCUT2D eigenvalue weighted by atomic mass is 32.2. The highest BCUT2D eigenvalue weighted by Crippen LogP contribution is 2.23. The Morgan fingerprint density at radius 2 is 1.12 bits per heavy atom. The molecule has 12 heteroatoms. The first-order valence-electron chi connectivity index (χ1n) is 5.76. The zero-order valence-electron chi connectivity index (χ0n) is 12.8. The molecule has 0 unspecified atom stereocenters. The van der Waals surface area contributed by atoms with E-state index in [9.17, 15) is 34.4 Å². The van der Waals surface area contributed by atoms with Crippen molar-refractivity contribution in [3.05, 3.63) is 0 Å². The summed E-state index contributed by atoms with van der Waals surface area (Å²) in [6, 6.07) is 0. The number of hydrogen-bond donors (Lipinski definition) is 0. The molecule has 0 amide bonds. The molecule has 0 aliphatic carbocycles. The van der Waals surface area contributed by atoms with Crippen molar-refractivity contribution >= 4 is 20.2 Å². The van der Waals surface area contributed by atoms with Gasteiger partial charge in [-0.3, -0.25) is 21.5 Å². The lowest BCUT2D eigenvalue weighted by molar-refractivity contribution is 0.181. The van der Waals surface area contributed by atoms with Crippen molar-refractivity contribution in [2.75, 3.05) is 46.3 Å². The molecule has 0 rings (SSSR count). The van der Waals surface area contributed by atoms with Gasteiger partial charge in [-0.25, -0.2) is 4.39 Å². The Labute approximate surface area is 143 Å². The van der Waals surface area contributed by atoms with E-state index in [4.69, 9.17) is 0 Å². The van der Waals surface area contributed by atoms with Crippen molar-refractivity contribution in [3.63, 3.8) is 0 Å². The molecule has 0 radical (unpaired) electrons. The average molecular weight is 410 g/mol. The third-order valence-corrected chi connectivity index (χ3v) is 4.68. The molecular weight excluding hydrogens is 380 g/mol. The van der Waals surface area contributed by atoms with Crippen LogP contribution >= 0.6 is 0 Å². The Hall–Kier alpha value is -0.460. The van der Waals surface area contributed by atoms with Crippen LogP contribution in [0.25, 0.3) is 0 Å². The van der Waals surface area contributed by atoms with E-state index < -0.39 is 50.5 Å². The van der Waals surface area contributed by atoms with E-state index in [1.165, 1.54) is 6.92 Å². The lowest BCUT2D eigenvalue weighted by atomic mass is 10.1. The van der Waals surface area contributed by atoms with Crippen molar-refractivity contribution in [3.8, 4) is 0 Å². The van der Waals surface area contributed by atoms with Crippen LogP contribution in [0.3, 0.4) is 0 Å². The summed E-state index contributed by atoms with van der Waals surface area (Å²) in [5, 5.41) is 0. The molecule has 0 N–H and O–H groups in total. The minimum absolute atomic E-state index is 0. The highest BCUT2D eigenvalue weighted by molar-refractivity contribution is 7.87. The number of alkyl halides is 4. The van der Waals surface area contributed by atoms with Gasteiger partial charge in [0.25, 0.3) is 20.2 Å². The molecule has 6 nitrogen and oxygen atoms in total. The summed E-state index contributed by atoms with van der Waals surface area (Å²) in [5.41, 5.74) is -2.78. The van der Waals surface area contributed by atoms with Crippen LogP contribution in [-0.2, 0) is 28.6 Å². The maximum absolute atomic E-state index is 14.0. The molecule has 0 aliphatic rings. The van der Waals surface area contributed by atoms with E-state index in [0.29, 0.717) is 7.18 Å². The average Bonchev–Trinajstić information content (AvgIpc) is 2.40. The van der Waals surface area contributed by atoms with Gasteiger partial charge >= 0.3 is 0 Å². The normalized spacial score (nSPS) is 10.8. The predicted octanol–water partition coefficient (Wildman–Crippen LogP) is 2.84. The topological polar surface area (TPSA) is 86.7 Å². The Balaban J connectivity index is -0.000000154. The van der Waals surface area contributed by atoms with Gasteiger partial charge in [0.15, 0.2) is 0 Å². The first kappa shape index (κ1) is 34.8. The van der Waals surface area contributed by atoms with Crippen molar-refractivity contribution in [2.24, 2.45) is 0 Å². The van der Waals surface area contributed by atoms with E-state index in [1.54, 1.807) is 0 Å². The third-order valence-electron chi connectivity index (χ3n) is 1.92. The minimum atomic E-state index is -4.24. The Kier molecular flexibility index (Phi) is 25.2. The third kappa shape index (κ3) is 19.6. The van der Waals surface area contributed by atoms with Crippen molar-refractivity contribution in [1.29, 1.82) is 0 Å². The molecule has 0 aromatic carbocycles. The maximum atomic E-state index is 14.0. The fourth-order valence-electron chi connectivity index (χ4n) is 1.11. The van der Waals surface area contributed by atoms with Crippen LogP contribution < -0.4 is 0 Å². The van der Waals surface area contributed by atoms with E-state index in [2.05, 4.69) is 8.37 Å². The van der Waals surface area contributed by atoms with E-state index in [1.807, 2.05) is 0 Å². The van der Waals surface area contributed by atoms with Crippen molar-refractivity contribution in [2.45, 2.75) is 33.9 Å². The lowest BCUT2D eigenvalue weighted by Crippen LogP contribution is -2.40. The second kappa shape index (κ2) is 17.4. The molecule has 154 valence electrons. The van der Waals surface area contributed by atoms with Crippen molar-refractivity contribution in [1.82, 2.24) is 0 Å². The largest absolute Gasteiger partial charge is 0.273 e. The smallest absolute Gasteiger partial charge is 0.270 e. The number of hydrogen-bond acceptors (Lipinski definition) is 6. The summed E-state index contributed by atoms with van der Waals surface area (Å²) in [6.45, 7) is 0.00890. The fraction of sp³-hybridized carbons (Fsp3) is 1.00. The van der Waals surface area contributed by atoms with Gasteiger partial charge in [-0.1, -0.05) is 14.9 Å². The second-order valence-corrected chi connectivity index (χ2v) is 7.07. The molecule has 0 fully saturated rings. The van der Waals surface area contributed by atoms with Gasteiger partial charge < -0.3 is 0 Å². The van der Waals surface area contributed by atoms with Crippen LogP contribution in [0.2, 0.25) is 0 Å². The van der Waals surface area contributed by atoms with E-state index >= 15 is 0 Å². The van der Waals surface area contributed by atoms with Gasteiger partial charge in [0.2, 0.25) is 0 Å². The first-order chi connectivity index (χ1) is 10.0. The Bertz CT molecular complexity index is 418. The van der Waals surface area contributed by atoms with Gasteiger partial charge in [-0.15, -0.1) is 0 Å². The highest BCUT2D eigenvalue weighted by Gasteiger charge is 2.40. The summed E-state index contributed by atoms with van der Waals surface area (Å²) in [7, 11) is -6.38. The Morgan fingerprint density at radius 1 is 0.875 bits per heavy atom. The number of halogens is 4. The summed E-state index contributed by atoms with van der Waals surface area (Å²) in [6.07, 6.45) is -0.877. The van der Waals surface area contributed by atoms with Gasteiger partial charge in [-0.05, 0) is 6.92 Å². The van der Waals surface area contributed by atoms with Gasteiger partial charge in [0, 0.05) is 6.42 Å². The molecule has 0 bridgehead atoms. The van der Waals surface area contributed by atoms with Crippen molar-refractivity contribution < 1.29 is 42.8 Å². The van der Waals surface area contributed by atoms with Crippen LogP contribution in [0.15, 0.2) is 0 Å². The number of rotatable bonds is 8. The quantitative estimate of drug-likeness (QED) is 0.452. The fourth-order valence-corrected chi connectivity index (χ4v) is 3.23. The maximum Gasteiger partial charge on any atom is 0.270 e. The minimum Gasteiger partial charge on any atom is -0.273 e. The molecule has 24 heavy (non-hydrogen) atoms. The molecule has 0 aromatic heterocycles. The monoisotopic (exact) mass is 410 g/mol.